The zero-order valence-corrected chi connectivity index (χ0v) is 12.1. The molecule has 3 N–H and O–H groups in total. The van der Waals surface area contributed by atoms with Gasteiger partial charge in [0.1, 0.15) is 17.4 Å². The number of fused-ring (bicyclic) bond motifs is 1. The molecule has 2 aromatic carbocycles. The van der Waals surface area contributed by atoms with Crippen LogP contribution in [-0.2, 0) is 4.79 Å². The molecule has 0 spiro atoms. The predicted octanol–water partition coefficient (Wildman–Crippen LogP) is 2.21. The lowest BCUT2D eigenvalue weighted by atomic mass is 9.97. The number of carbonyl (C=O) groups is 1. The highest BCUT2D eigenvalue weighted by Gasteiger charge is 2.43. The number of rotatable bonds is 4. The molecule has 1 amide bonds. The molecule has 3 rings (SSSR count). The molecule has 110 valence electrons. The minimum absolute atomic E-state index is 0.0195. The molecule has 4 heteroatoms. The Hall–Kier alpha value is -2.07. The summed E-state index contributed by atoms with van der Waals surface area (Å²) < 4.78 is 6.04. The van der Waals surface area contributed by atoms with Crippen molar-refractivity contribution in [1.82, 2.24) is 5.32 Å². The lowest BCUT2D eigenvalue weighted by Gasteiger charge is -2.24. The SMILES string of the molecule is CNC1(C(N)=O)CCC(Oc2ccc3ccccc3c2)C1. The van der Waals surface area contributed by atoms with Crippen molar-refractivity contribution in [2.24, 2.45) is 5.73 Å². The first kappa shape index (κ1) is 13.9. The van der Waals surface area contributed by atoms with Gasteiger partial charge in [-0.05, 0) is 42.8 Å². The Morgan fingerprint density at radius 1 is 1.29 bits per heavy atom. The van der Waals surface area contributed by atoms with Crippen LogP contribution in [0.1, 0.15) is 19.3 Å². The highest BCUT2D eigenvalue weighted by Crippen LogP contribution is 2.33. The van der Waals surface area contributed by atoms with E-state index in [9.17, 15) is 4.79 Å². The van der Waals surface area contributed by atoms with Crippen molar-refractivity contribution >= 4 is 16.7 Å². The average Bonchev–Trinajstić information content (AvgIpc) is 2.92. The largest absolute Gasteiger partial charge is 0.490 e. The highest BCUT2D eigenvalue weighted by molar-refractivity contribution is 5.85. The Kier molecular flexibility index (Phi) is 3.55. The van der Waals surface area contributed by atoms with Gasteiger partial charge >= 0.3 is 0 Å². The smallest absolute Gasteiger partial charge is 0.237 e. The molecule has 2 atom stereocenters. The Bertz CT molecular complexity index is 671. The second kappa shape index (κ2) is 5.37. The van der Waals surface area contributed by atoms with Crippen LogP contribution in [-0.4, -0.2) is 24.6 Å². The summed E-state index contributed by atoms with van der Waals surface area (Å²) in [5.41, 5.74) is 4.89. The molecule has 0 heterocycles. The Morgan fingerprint density at radius 3 is 2.71 bits per heavy atom. The summed E-state index contributed by atoms with van der Waals surface area (Å²) in [5, 5.41) is 5.42. The van der Waals surface area contributed by atoms with Crippen LogP contribution in [0.25, 0.3) is 10.8 Å². The van der Waals surface area contributed by atoms with Gasteiger partial charge in [0.15, 0.2) is 0 Å². The number of benzene rings is 2. The van der Waals surface area contributed by atoms with Gasteiger partial charge in [0, 0.05) is 6.42 Å². The number of likely N-dealkylation sites (N-methyl/N-ethyl adjacent to an activating group) is 1. The van der Waals surface area contributed by atoms with Gasteiger partial charge in [0.25, 0.3) is 0 Å². The fourth-order valence-electron chi connectivity index (χ4n) is 3.11. The summed E-state index contributed by atoms with van der Waals surface area (Å²) in [6.07, 6.45) is 2.19. The lowest BCUT2D eigenvalue weighted by molar-refractivity contribution is -0.124. The number of hydrogen-bond acceptors (Lipinski definition) is 3. The van der Waals surface area contributed by atoms with E-state index in [4.69, 9.17) is 10.5 Å². The molecule has 0 bridgehead atoms. The topological polar surface area (TPSA) is 64.3 Å². The Labute approximate surface area is 124 Å². The number of nitrogens with two attached hydrogens (primary N) is 1. The van der Waals surface area contributed by atoms with Crippen LogP contribution in [0.3, 0.4) is 0 Å². The van der Waals surface area contributed by atoms with Crippen LogP contribution in [0.4, 0.5) is 0 Å². The van der Waals surface area contributed by atoms with Crippen molar-refractivity contribution in [2.75, 3.05) is 7.05 Å². The predicted molar refractivity (Wildman–Crippen MR) is 83.2 cm³/mol. The van der Waals surface area contributed by atoms with E-state index in [1.807, 2.05) is 24.3 Å². The van der Waals surface area contributed by atoms with Gasteiger partial charge < -0.3 is 15.8 Å². The van der Waals surface area contributed by atoms with Crippen LogP contribution < -0.4 is 15.8 Å². The molecular weight excluding hydrogens is 264 g/mol. The van der Waals surface area contributed by atoms with E-state index < -0.39 is 5.54 Å². The first-order valence-electron chi connectivity index (χ1n) is 7.27. The monoisotopic (exact) mass is 284 g/mol. The molecule has 2 unspecified atom stereocenters. The van der Waals surface area contributed by atoms with E-state index in [0.29, 0.717) is 6.42 Å². The van der Waals surface area contributed by atoms with Crippen LogP contribution in [0, 0.1) is 0 Å². The zero-order valence-electron chi connectivity index (χ0n) is 12.1. The maximum absolute atomic E-state index is 11.6. The molecule has 2 aromatic rings. The molecule has 4 nitrogen and oxygen atoms in total. The molecule has 0 radical (unpaired) electrons. The number of ether oxygens (including phenoxy) is 1. The van der Waals surface area contributed by atoms with E-state index in [1.54, 1.807) is 7.05 Å². The quantitative estimate of drug-likeness (QED) is 0.904. The summed E-state index contributed by atoms with van der Waals surface area (Å²) >= 11 is 0. The maximum atomic E-state index is 11.6. The molecule has 0 aliphatic heterocycles. The third-order valence-corrected chi connectivity index (χ3v) is 4.44. The minimum atomic E-state index is -0.623. The summed E-state index contributed by atoms with van der Waals surface area (Å²) in [4.78, 5) is 11.6. The van der Waals surface area contributed by atoms with Crippen molar-refractivity contribution in [3.05, 3.63) is 42.5 Å². The molecule has 21 heavy (non-hydrogen) atoms. The van der Waals surface area contributed by atoms with E-state index >= 15 is 0 Å². The van der Waals surface area contributed by atoms with Crippen LogP contribution in [0.15, 0.2) is 42.5 Å². The second-order valence-corrected chi connectivity index (χ2v) is 5.69. The van der Waals surface area contributed by atoms with E-state index in [2.05, 4.69) is 23.5 Å². The van der Waals surface area contributed by atoms with Crippen molar-refractivity contribution in [3.8, 4) is 5.75 Å². The Morgan fingerprint density at radius 2 is 2.05 bits per heavy atom. The van der Waals surface area contributed by atoms with E-state index in [-0.39, 0.29) is 12.0 Å². The number of amides is 1. The zero-order chi connectivity index (χ0) is 14.9. The third kappa shape index (κ3) is 2.59. The van der Waals surface area contributed by atoms with E-state index in [0.717, 1.165) is 24.0 Å². The van der Waals surface area contributed by atoms with Crippen LogP contribution in [0.5, 0.6) is 5.75 Å². The molecule has 1 saturated carbocycles. The van der Waals surface area contributed by atoms with Gasteiger partial charge in [-0.25, -0.2) is 0 Å². The van der Waals surface area contributed by atoms with Crippen LogP contribution in [0.2, 0.25) is 0 Å². The minimum Gasteiger partial charge on any atom is -0.490 e. The highest BCUT2D eigenvalue weighted by atomic mass is 16.5. The number of primary amides is 1. The van der Waals surface area contributed by atoms with Gasteiger partial charge in [-0.2, -0.15) is 0 Å². The van der Waals surface area contributed by atoms with Crippen molar-refractivity contribution in [1.29, 1.82) is 0 Å². The van der Waals surface area contributed by atoms with Gasteiger partial charge in [-0.3, -0.25) is 4.79 Å². The van der Waals surface area contributed by atoms with Gasteiger partial charge in [-0.15, -0.1) is 0 Å². The van der Waals surface area contributed by atoms with Crippen molar-refractivity contribution < 1.29 is 9.53 Å². The number of carbonyl (C=O) groups excluding carboxylic acids is 1. The molecule has 1 fully saturated rings. The van der Waals surface area contributed by atoms with Crippen molar-refractivity contribution in [2.45, 2.75) is 30.9 Å². The normalized spacial score (nSPS) is 25.1. The van der Waals surface area contributed by atoms with Gasteiger partial charge in [0.2, 0.25) is 5.91 Å². The third-order valence-electron chi connectivity index (χ3n) is 4.44. The molecular formula is C17H20N2O2. The molecule has 1 aliphatic rings. The second-order valence-electron chi connectivity index (χ2n) is 5.69. The van der Waals surface area contributed by atoms with Gasteiger partial charge in [0.05, 0.1) is 0 Å². The standard InChI is InChI=1S/C17H20N2O2/c1-19-17(16(18)20)9-8-15(11-17)21-14-7-6-12-4-2-3-5-13(12)10-14/h2-7,10,15,19H,8-9,11H2,1H3,(H2,18,20). The van der Waals surface area contributed by atoms with Crippen LogP contribution >= 0.6 is 0 Å². The summed E-state index contributed by atoms with van der Waals surface area (Å²) in [7, 11) is 1.78. The lowest BCUT2D eigenvalue weighted by Crippen LogP contribution is -2.52. The van der Waals surface area contributed by atoms with Crippen molar-refractivity contribution in [3.63, 3.8) is 0 Å². The van der Waals surface area contributed by atoms with Gasteiger partial charge in [-0.1, -0.05) is 30.3 Å². The first-order valence-corrected chi connectivity index (χ1v) is 7.27. The molecule has 1 aliphatic carbocycles. The summed E-state index contributed by atoms with van der Waals surface area (Å²) in [5.74, 6) is 0.546. The fraction of sp³-hybridized carbons (Fsp3) is 0.353. The molecule has 0 aromatic heterocycles. The van der Waals surface area contributed by atoms with E-state index in [1.165, 1.54) is 5.39 Å². The number of nitrogens with one attached hydrogen (secondary N) is 1. The average molecular weight is 284 g/mol. The number of hydrogen-bond donors (Lipinski definition) is 2. The summed E-state index contributed by atoms with van der Waals surface area (Å²) in [6.45, 7) is 0. The fourth-order valence-corrected chi connectivity index (χ4v) is 3.11. The molecule has 0 saturated heterocycles. The summed E-state index contributed by atoms with van der Waals surface area (Å²) in [6, 6.07) is 14.3. The maximum Gasteiger partial charge on any atom is 0.237 e. The first-order chi connectivity index (χ1) is 10.1. The Balaban J connectivity index is 1.76.